The first-order chi connectivity index (χ1) is 7.19. The van der Waals surface area contributed by atoms with Gasteiger partial charge in [-0.2, -0.15) is 0 Å². The van der Waals surface area contributed by atoms with Crippen LogP contribution in [0.1, 0.15) is 12.5 Å². The lowest BCUT2D eigenvalue weighted by Crippen LogP contribution is -2.35. The summed E-state index contributed by atoms with van der Waals surface area (Å²) in [6.07, 6.45) is 4.10. The van der Waals surface area contributed by atoms with Crippen molar-refractivity contribution >= 4 is 11.8 Å². The van der Waals surface area contributed by atoms with Crippen LogP contribution in [0.2, 0.25) is 0 Å². The molecular weight excluding hydrogens is 188 g/mol. The van der Waals surface area contributed by atoms with E-state index in [2.05, 4.69) is 30.3 Å². The standard InChI is InChI=1S/C12H18N2O/c1-5-6-11-7-9-12(10-8-11)13(2)14(3)15-4/h5-10H,1-4H3. The topological polar surface area (TPSA) is 15.7 Å². The van der Waals surface area contributed by atoms with Gasteiger partial charge in [0.25, 0.3) is 0 Å². The van der Waals surface area contributed by atoms with Crippen molar-refractivity contribution in [3.63, 3.8) is 0 Å². The number of hydroxylamine groups is 1. The Hall–Kier alpha value is -1.32. The molecule has 0 aliphatic rings. The maximum absolute atomic E-state index is 5.09. The SMILES string of the molecule is CC=Cc1ccc(N(C)N(C)OC)cc1. The molecule has 0 atom stereocenters. The molecule has 0 unspecified atom stereocenters. The van der Waals surface area contributed by atoms with E-state index in [9.17, 15) is 0 Å². The highest BCUT2D eigenvalue weighted by atomic mass is 16.7. The Balaban J connectivity index is 2.79. The molecule has 0 radical (unpaired) electrons. The number of hydrogen-bond acceptors (Lipinski definition) is 3. The van der Waals surface area contributed by atoms with Gasteiger partial charge >= 0.3 is 0 Å². The third-order valence-electron chi connectivity index (χ3n) is 2.31. The van der Waals surface area contributed by atoms with Crippen molar-refractivity contribution in [1.29, 1.82) is 0 Å². The van der Waals surface area contributed by atoms with E-state index in [4.69, 9.17) is 4.84 Å². The number of hydrogen-bond donors (Lipinski definition) is 0. The Kier molecular flexibility index (Phi) is 4.34. The van der Waals surface area contributed by atoms with Crippen molar-refractivity contribution in [2.24, 2.45) is 0 Å². The predicted molar refractivity (Wildman–Crippen MR) is 64.3 cm³/mol. The van der Waals surface area contributed by atoms with E-state index in [1.54, 1.807) is 12.3 Å². The zero-order valence-electron chi connectivity index (χ0n) is 9.77. The molecule has 0 heterocycles. The van der Waals surface area contributed by atoms with Crippen molar-refractivity contribution in [1.82, 2.24) is 5.17 Å². The monoisotopic (exact) mass is 206 g/mol. The van der Waals surface area contributed by atoms with Gasteiger partial charge in [-0.25, -0.2) is 0 Å². The van der Waals surface area contributed by atoms with Crippen LogP contribution in [0.3, 0.4) is 0 Å². The Morgan fingerprint density at radius 2 is 1.73 bits per heavy atom. The fourth-order valence-corrected chi connectivity index (χ4v) is 1.28. The van der Waals surface area contributed by atoms with E-state index >= 15 is 0 Å². The van der Waals surface area contributed by atoms with Crippen molar-refractivity contribution < 1.29 is 4.84 Å². The van der Waals surface area contributed by atoms with E-state index in [-0.39, 0.29) is 0 Å². The molecule has 3 nitrogen and oxygen atoms in total. The maximum Gasteiger partial charge on any atom is 0.0596 e. The average Bonchev–Trinajstić information content (AvgIpc) is 2.28. The van der Waals surface area contributed by atoms with E-state index < -0.39 is 0 Å². The average molecular weight is 206 g/mol. The summed E-state index contributed by atoms with van der Waals surface area (Å²) in [5.41, 5.74) is 2.29. The number of benzene rings is 1. The van der Waals surface area contributed by atoms with E-state index in [0.717, 1.165) is 5.69 Å². The molecule has 0 saturated carbocycles. The van der Waals surface area contributed by atoms with Gasteiger partial charge in [-0.05, 0) is 24.6 Å². The van der Waals surface area contributed by atoms with Gasteiger partial charge in [0.05, 0.1) is 12.8 Å². The molecule has 0 aromatic heterocycles. The summed E-state index contributed by atoms with van der Waals surface area (Å²) in [6, 6.07) is 8.28. The highest BCUT2D eigenvalue weighted by molar-refractivity contribution is 5.54. The van der Waals surface area contributed by atoms with E-state index in [0.29, 0.717) is 0 Å². The smallest absolute Gasteiger partial charge is 0.0596 e. The van der Waals surface area contributed by atoms with Gasteiger partial charge in [0.15, 0.2) is 0 Å². The molecule has 15 heavy (non-hydrogen) atoms. The molecular formula is C12H18N2O. The van der Waals surface area contributed by atoms with Crippen molar-refractivity contribution in [2.45, 2.75) is 6.92 Å². The Morgan fingerprint density at radius 1 is 1.13 bits per heavy atom. The van der Waals surface area contributed by atoms with Crippen LogP contribution < -0.4 is 5.01 Å². The molecule has 82 valence electrons. The molecule has 1 rings (SSSR count). The third kappa shape index (κ3) is 3.08. The van der Waals surface area contributed by atoms with E-state index in [1.807, 2.05) is 32.1 Å². The lowest BCUT2D eigenvalue weighted by molar-refractivity contribution is -0.114. The summed E-state index contributed by atoms with van der Waals surface area (Å²) in [4.78, 5) is 5.09. The molecule has 3 heteroatoms. The second-order valence-electron chi connectivity index (χ2n) is 3.26. The van der Waals surface area contributed by atoms with Gasteiger partial charge in [-0.3, -0.25) is 9.85 Å². The molecule has 0 amide bonds. The van der Waals surface area contributed by atoms with Crippen LogP contribution in [0.4, 0.5) is 5.69 Å². The quantitative estimate of drug-likeness (QED) is 0.704. The van der Waals surface area contributed by atoms with E-state index in [1.165, 1.54) is 5.56 Å². The number of anilines is 1. The molecule has 0 fully saturated rings. The van der Waals surface area contributed by atoms with Gasteiger partial charge in [0.2, 0.25) is 0 Å². The molecule has 0 aliphatic carbocycles. The summed E-state index contributed by atoms with van der Waals surface area (Å²) >= 11 is 0. The number of rotatable bonds is 4. The molecule has 0 bridgehead atoms. The van der Waals surface area contributed by atoms with Crippen molar-refractivity contribution in [2.75, 3.05) is 26.2 Å². The van der Waals surface area contributed by atoms with Gasteiger partial charge in [0.1, 0.15) is 0 Å². The molecule has 1 aromatic carbocycles. The minimum Gasteiger partial charge on any atom is -0.287 e. The third-order valence-corrected chi connectivity index (χ3v) is 2.31. The van der Waals surface area contributed by atoms with Gasteiger partial charge in [-0.1, -0.05) is 24.3 Å². The fourth-order valence-electron chi connectivity index (χ4n) is 1.28. The predicted octanol–water partition coefficient (Wildman–Crippen LogP) is 2.56. The highest BCUT2D eigenvalue weighted by Crippen LogP contribution is 2.15. The van der Waals surface area contributed by atoms with Crippen LogP contribution in [0.15, 0.2) is 30.3 Å². The Labute approximate surface area is 91.5 Å². The first kappa shape index (κ1) is 11.8. The summed E-state index contributed by atoms with van der Waals surface area (Å²) in [5, 5.41) is 3.60. The van der Waals surface area contributed by atoms with Crippen LogP contribution in [-0.2, 0) is 4.84 Å². The lowest BCUT2D eigenvalue weighted by atomic mass is 10.2. The minimum absolute atomic E-state index is 1.09. The van der Waals surface area contributed by atoms with Gasteiger partial charge in [0, 0.05) is 14.1 Å². The molecule has 0 spiro atoms. The number of allylic oxidation sites excluding steroid dienone is 1. The largest absolute Gasteiger partial charge is 0.287 e. The van der Waals surface area contributed by atoms with Crippen molar-refractivity contribution in [3.05, 3.63) is 35.9 Å². The number of nitrogens with zero attached hydrogens (tertiary/aromatic N) is 2. The summed E-state index contributed by atoms with van der Waals surface area (Å²) in [7, 11) is 5.46. The summed E-state index contributed by atoms with van der Waals surface area (Å²) < 4.78 is 0. The van der Waals surface area contributed by atoms with Crippen LogP contribution >= 0.6 is 0 Å². The molecule has 0 N–H and O–H groups in total. The lowest BCUT2D eigenvalue weighted by Gasteiger charge is -2.27. The molecule has 1 aromatic rings. The van der Waals surface area contributed by atoms with Crippen LogP contribution in [0.25, 0.3) is 6.08 Å². The zero-order chi connectivity index (χ0) is 11.3. The first-order valence-electron chi connectivity index (χ1n) is 4.93. The normalized spacial score (nSPS) is 11.3. The van der Waals surface area contributed by atoms with Gasteiger partial charge < -0.3 is 0 Å². The maximum atomic E-state index is 5.09. The molecule has 0 saturated heterocycles. The van der Waals surface area contributed by atoms with Crippen LogP contribution in [-0.4, -0.2) is 26.4 Å². The Bertz CT molecular complexity index is 319. The summed E-state index contributed by atoms with van der Waals surface area (Å²) in [6.45, 7) is 2.01. The highest BCUT2D eigenvalue weighted by Gasteiger charge is 2.04. The summed E-state index contributed by atoms with van der Waals surface area (Å²) in [5.74, 6) is 0. The van der Waals surface area contributed by atoms with Crippen LogP contribution in [0.5, 0.6) is 0 Å². The van der Waals surface area contributed by atoms with Gasteiger partial charge in [-0.15, -0.1) is 5.17 Å². The Morgan fingerprint density at radius 3 is 2.20 bits per heavy atom. The fraction of sp³-hybridized carbons (Fsp3) is 0.333. The number of hydrazine groups is 1. The second kappa shape index (κ2) is 5.53. The molecule has 0 aliphatic heterocycles. The minimum atomic E-state index is 1.09. The van der Waals surface area contributed by atoms with Crippen molar-refractivity contribution in [3.8, 4) is 0 Å². The van der Waals surface area contributed by atoms with Crippen LogP contribution in [0, 0.1) is 0 Å². The first-order valence-corrected chi connectivity index (χ1v) is 4.93. The zero-order valence-corrected chi connectivity index (χ0v) is 9.77. The second-order valence-corrected chi connectivity index (χ2v) is 3.26.